The first-order valence-electron chi connectivity index (χ1n) is 12.9. The molecule has 0 atom stereocenters. The third-order valence-corrected chi connectivity index (χ3v) is 5.37. The maximum absolute atomic E-state index is 8.91. The summed E-state index contributed by atoms with van der Waals surface area (Å²) < 4.78 is 50.2. The van der Waals surface area contributed by atoms with Crippen LogP contribution < -0.4 is 4.57 Å². The van der Waals surface area contributed by atoms with Crippen molar-refractivity contribution in [1.29, 1.82) is 0 Å². The van der Waals surface area contributed by atoms with Gasteiger partial charge in [-0.25, -0.2) is 9.55 Å². The van der Waals surface area contributed by atoms with Gasteiger partial charge in [-0.2, -0.15) is 0 Å². The molecule has 0 fully saturated rings. The fraction of sp³-hybridized carbons (Fsp3) is 0.407. The van der Waals surface area contributed by atoms with Crippen LogP contribution in [0.1, 0.15) is 69.8 Å². The lowest BCUT2D eigenvalue weighted by Crippen LogP contribution is -2.32. The van der Waals surface area contributed by atoms with Crippen LogP contribution in [0.2, 0.25) is 0 Å². The van der Waals surface area contributed by atoms with Crippen LogP contribution >= 0.6 is 0 Å². The fourth-order valence-corrected chi connectivity index (χ4v) is 3.88. The van der Waals surface area contributed by atoms with Gasteiger partial charge >= 0.3 is 0 Å². The Morgan fingerprint density at radius 3 is 2.53 bits per heavy atom. The number of benzene rings is 1. The molecule has 0 saturated heterocycles. The molecular weight excluding hydrogens is 368 g/mol. The Balaban J connectivity index is 2.09. The van der Waals surface area contributed by atoms with E-state index in [1.807, 2.05) is 31.2 Å². The molecule has 0 radical (unpaired) electrons. The molecule has 3 aromatic heterocycles. The number of hydrogen-bond donors (Lipinski definition) is 0. The number of aromatic nitrogens is 2. The molecule has 3 heterocycles. The van der Waals surface area contributed by atoms with Gasteiger partial charge in [-0.05, 0) is 54.7 Å². The van der Waals surface area contributed by atoms with Gasteiger partial charge < -0.3 is 4.42 Å². The van der Waals surface area contributed by atoms with Crippen LogP contribution in [0, 0.1) is 19.2 Å². The maximum Gasteiger partial charge on any atom is 0.227 e. The SMILES string of the molecule is [2H]C([2H])([2H])c1c[n+](C)c(-c2c(C)ccc3c2oc2nc(C(C)C)ccc23)cc1C([2H])([2H])C(C)(C)C. The van der Waals surface area contributed by atoms with Crippen LogP contribution in [-0.4, -0.2) is 4.98 Å². The van der Waals surface area contributed by atoms with E-state index in [0.717, 1.165) is 27.6 Å². The highest BCUT2D eigenvalue weighted by molar-refractivity contribution is 6.08. The predicted molar refractivity (Wildman–Crippen MR) is 125 cm³/mol. The summed E-state index contributed by atoms with van der Waals surface area (Å²) in [4.78, 5) is 4.73. The molecule has 0 unspecified atom stereocenters. The summed E-state index contributed by atoms with van der Waals surface area (Å²) in [5.74, 6) is 0.265. The van der Waals surface area contributed by atoms with E-state index < -0.39 is 18.6 Å². The second kappa shape index (κ2) is 7.23. The van der Waals surface area contributed by atoms with E-state index in [1.165, 1.54) is 6.20 Å². The van der Waals surface area contributed by atoms with E-state index in [4.69, 9.17) is 16.3 Å². The van der Waals surface area contributed by atoms with E-state index in [0.29, 0.717) is 17.0 Å². The van der Waals surface area contributed by atoms with Crippen molar-refractivity contribution in [3.8, 4) is 11.3 Å². The van der Waals surface area contributed by atoms with Gasteiger partial charge in [-0.3, -0.25) is 0 Å². The molecule has 0 N–H and O–H groups in total. The zero-order valence-corrected chi connectivity index (χ0v) is 18.8. The molecule has 30 heavy (non-hydrogen) atoms. The molecule has 1 aromatic carbocycles. The van der Waals surface area contributed by atoms with Gasteiger partial charge in [0.25, 0.3) is 0 Å². The first-order valence-corrected chi connectivity index (χ1v) is 10.4. The number of aryl methyl sites for hydroxylation is 3. The minimum absolute atomic E-state index is 0.0151. The predicted octanol–water partition coefficient (Wildman–Crippen LogP) is 6.80. The van der Waals surface area contributed by atoms with Crippen molar-refractivity contribution in [2.45, 2.75) is 60.7 Å². The van der Waals surface area contributed by atoms with Gasteiger partial charge in [0.2, 0.25) is 11.4 Å². The van der Waals surface area contributed by atoms with Gasteiger partial charge in [0.1, 0.15) is 7.05 Å². The molecule has 0 saturated carbocycles. The van der Waals surface area contributed by atoms with Crippen molar-refractivity contribution in [1.82, 2.24) is 4.98 Å². The summed E-state index contributed by atoms with van der Waals surface area (Å²) in [5, 5.41) is 1.83. The molecule has 0 bridgehead atoms. The molecule has 4 aromatic rings. The quantitative estimate of drug-likeness (QED) is 0.350. The number of fused-ring (bicyclic) bond motifs is 3. The Hall–Kier alpha value is -2.68. The fourth-order valence-electron chi connectivity index (χ4n) is 3.88. The smallest absolute Gasteiger partial charge is 0.227 e. The second-order valence-electron chi connectivity index (χ2n) is 9.45. The molecule has 4 rings (SSSR count). The van der Waals surface area contributed by atoms with E-state index in [9.17, 15) is 0 Å². The van der Waals surface area contributed by atoms with Crippen molar-refractivity contribution in [3.05, 3.63) is 58.9 Å². The van der Waals surface area contributed by atoms with Crippen LogP contribution in [-0.2, 0) is 13.4 Å². The van der Waals surface area contributed by atoms with Crippen LogP contribution in [0.25, 0.3) is 33.3 Å². The zero-order valence-electron chi connectivity index (χ0n) is 23.8. The average Bonchev–Trinajstić information content (AvgIpc) is 3.10. The van der Waals surface area contributed by atoms with Crippen molar-refractivity contribution in [2.75, 3.05) is 0 Å². The van der Waals surface area contributed by atoms with E-state index in [2.05, 4.69) is 13.8 Å². The normalized spacial score (nSPS) is 15.8. The number of nitrogens with zero attached hydrogens (tertiary/aromatic N) is 2. The summed E-state index contributed by atoms with van der Waals surface area (Å²) in [6.45, 7) is 9.05. The van der Waals surface area contributed by atoms with Gasteiger partial charge in [0.15, 0.2) is 11.8 Å². The molecule has 3 nitrogen and oxygen atoms in total. The standard InChI is InChI=1S/C27H33N2O/c1-16(2)22-12-11-21-20-10-9-17(3)24(25(20)30-26(21)28-22)23-13-19(14-27(5,6)7)18(4)15-29(23)8/h9-13,15-16H,14H2,1-8H3/q+1/i4D3,14D2. The lowest BCUT2D eigenvalue weighted by molar-refractivity contribution is -0.660. The van der Waals surface area contributed by atoms with Crippen molar-refractivity contribution in [2.24, 2.45) is 12.5 Å². The number of hydrogen-bond acceptors (Lipinski definition) is 2. The third-order valence-electron chi connectivity index (χ3n) is 5.37. The Bertz CT molecular complexity index is 1440. The number of pyridine rings is 2. The Labute approximate surface area is 186 Å². The Morgan fingerprint density at radius 2 is 1.87 bits per heavy atom. The van der Waals surface area contributed by atoms with Crippen molar-refractivity contribution < 1.29 is 15.8 Å². The zero-order chi connectivity index (χ0) is 26.1. The highest BCUT2D eigenvalue weighted by atomic mass is 16.3. The van der Waals surface area contributed by atoms with Gasteiger partial charge in [-0.1, -0.05) is 46.8 Å². The molecule has 156 valence electrons. The van der Waals surface area contributed by atoms with Gasteiger partial charge in [0.05, 0.1) is 5.56 Å². The lowest BCUT2D eigenvalue weighted by Gasteiger charge is -2.19. The first kappa shape index (κ1) is 15.2. The van der Waals surface area contributed by atoms with Crippen LogP contribution in [0.5, 0.6) is 0 Å². The van der Waals surface area contributed by atoms with Crippen molar-refractivity contribution >= 4 is 22.1 Å². The van der Waals surface area contributed by atoms with E-state index in [-0.39, 0.29) is 17.0 Å². The highest BCUT2D eigenvalue weighted by Gasteiger charge is 2.24. The van der Waals surface area contributed by atoms with E-state index in [1.54, 1.807) is 38.5 Å². The first-order chi connectivity index (χ1) is 16.0. The number of rotatable bonds is 3. The monoisotopic (exact) mass is 406 g/mol. The maximum atomic E-state index is 8.91. The van der Waals surface area contributed by atoms with E-state index >= 15 is 0 Å². The Morgan fingerprint density at radius 1 is 1.13 bits per heavy atom. The molecule has 3 heteroatoms. The number of furan rings is 1. The summed E-state index contributed by atoms with van der Waals surface area (Å²) in [6.07, 6.45) is -0.347. The largest absolute Gasteiger partial charge is 0.437 e. The third kappa shape index (κ3) is 3.62. The molecule has 0 aliphatic heterocycles. The molecule has 0 amide bonds. The average molecular weight is 407 g/mol. The Kier molecular flexibility index (Phi) is 3.65. The lowest BCUT2D eigenvalue weighted by atomic mass is 9.86. The van der Waals surface area contributed by atoms with Crippen LogP contribution in [0.3, 0.4) is 0 Å². The van der Waals surface area contributed by atoms with Gasteiger partial charge in [-0.15, -0.1) is 0 Å². The van der Waals surface area contributed by atoms with Gasteiger partial charge in [0, 0.05) is 34.9 Å². The summed E-state index contributed by atoms with van der Waals surface area (Å²) in [5.41, 5.74) is 3.97. The molecule has 0 spiro atoms. The minimum Gasteiger partial charge on any atom is -0.437 e. The minimum atomic E-state index is -2.46. The van der Waals surface area contributed by atoms with Crippen molar-refractivity contribution in [3.63, 3.8) is 0 Å². The van der Waals surface area contributed by atoms with Crippen LogP contribution in [0.15, 0.2) is 40.9 Å². The summed E-state index contributed by atoms with van der Waals surface area (Å²) >= 11 is 0. The second-order valence-corrected chi connectivity index (χ2v) is 9.45. The summed E-state index contributed by atoms with van der Waals surface area (Å²) in [6, 6.07) is 9.77. The highest BCUT2D eigenvalue weighted by Crippen LogP contribution is 2.37. The summed E-state index contributed by atoms with van der Waals surface area (Å²) in [7, 11) is 1.79. The molecular formula is C27H33N2O+. The molecule has 0 aliphatic carbocycles. The van der Waals surface area contributed by atoms with Crippen LogP contribution in [0.4, 0.5) is 0 Å². The topological polar surface area (TPSA) is 29.9 Å². The molecule has 0 aliphatic rings.